The standard InChI is InChI=1S/C17H16ClNOS2/c18-11-4-2-1-3-10(11)13-12-8-5-6-9(7-8)14(12)21-16-15(13)22-17(20)19-16/h1-4,8-9,12-14H,5-7H2,(H,19,20)/t8-,9+,12-,13+,14+/m1/s1. The second-order valence-electron chi connectivity index (χ2n) is 6.70. The number of benzene rings is 1. The van der Waals surface area contributed by atoms with E-state index in [9.17, 15) is 4.79 Å². The van der Waals surface area contributed by atoms with Gasteiger partial charge in [0, 0.05) is 21.1 Å². The van der Waals surface area contributed by atoms with E-state index < -0.39 is 0 Å². The number of H-pyrrole nitrogens is 1. The first-order valence-electron chi connectivity index (χ1n) is 7.86. The summed E-state index contributed by atoms with van der Waals surface area (Å²) in [5.74, 6) is 2.56. The van der Waals surface area contributed by atoms with Crippen molar-refractivity contribution in [2.45, 2.75) is 35.5 Å². The molecule has 0 spiro atoms. The number of hydrogen-bond donors (Lipinski definition) is 1. The van der Waals surface area contributed by atoms with E-state index in [-0.39, 0.29) is 4.87 Å². The Morgan fingerprint density at radius 1 is 1.18 bits per heavy atom. The third-order valence-electron chi connectivity index (χ3n) is 5.71. The zero-order chi connectivity index (χ0) is 14.8. The van der Waals surface area contributed by atoms with E-state index in [1.807, 2.05) is 23.9 Å². The normalized spacial score (nSPS) is 35.4. The minimum absolute atomic E-state index is 0.0712. The lowest BCUT2D eigenvalue weighted by Gasteiger charge is -2.40. The third-order valence-corrected chi connectivity index (χ3v) is 8.67. The first-order valence-corrected chi connectivity index (χ1v) is 9.94. The van der Waals surface area contributed by atoms with Crippen LogP contribution in [-0.2, 0) is 0 Å². The Morgan fingerprint density at radius 3 is 2.86 bits per heavy atom. The van der Waals surface area contributed by atoms with E-state index >= 15 is 0 Å². The lowest BCUT2D eigenvalue weighted by Crippen LogP contribution is -2.33. The molecule has 2 saturated carbocycles. The number of rotatable bonds is 1. The summed E-state index contributed by atoms with van der Waals surface area (Å²) in [5.41, 5.74) is 1.21. The van der Waals surface area contributed by atoms with Gasteiger partial charge >= 0.3 is 4.87 Å². The average molecular weight is 350 g/mol. The fourth-order valence-electron chi connectivity index (χ4n) is 4.92. The van der Waals surface area contributed by atoms with Gasteiger partial charge in [0.15, 0.2) is 0 Å². The van der Waals surface area contributed by atoms with Gasteiger partial charge in [-0.15, -0.1) is 11.8 Å². The van der Waals surface area contributed by atoms with Gasteiger partial charge in [-0.25, -0.2) is 0 Å². The largest absolute Gasteiger partial charge is 0.307 e. The van der Waals surface area contributed by atoms with E-state index in [1.54, 1.807) is 0 Å². The van der Waals surface area contributed by atoms with Crippen LogP contribution in [0.25, 0.3) is 0 Å². The molecule has 1 aromatic carbocycles. The highest BCUT2D eigenvalue weighted by atomic mass is 35.5. The number of nitrogens with one attached hydrogen (secondary N) is 1. The summed E-state index contributed by atoms with van der Waals surface area (Å²) in [5, 5.41) is 2.60. The van der Waals surface area contributed by atoms with Crippen molar-refractivity contribution in [3.05, 3.63) is 49.4 Å². The molecule has 1 aliphatic heterocycles. The van der Waals surface area contributed by atoms with Gasteiger partial charge < -0.3 is 4.98 Å². The molecule has 5 rings (SSSR count). The van der Waals surface area contributed by atoms with E-state index in [0.717, 1.165) is 21.9 Å². The molecule has 5 atom stereocenters. The Morgan fingerprint density at radius 2 is 2.00 bits per heavy atom. The van der Waals surface area contributed by atoms with E-state index in [2.05, 4.69) is 17.1 Å². The zero-order valence-electron chi connectivity index (χ0n) is 11.9. The van der Waals surface area contributed by atoms with Crippen molar-refractivity contribution in [2.24, 2.45) is 17.8 Å². The van der Waals surface area contributed by atoms with Crippen molar-refractivity contribution >= 4 is 34.7 Å². The summed E-state index contributed by atoms with van der Waals surface area (Å²) in [7, 11) is 0. The van der Waals surface area contributed by atoms with Crippen LogP contribution in [0.5, 0.6) is 0 Å². The number of aromatic amines is 1. The van der Waals surface area contributed by atoms with E-state index in [1.165, 1.54) is 41.0 Å². The van der Waals surface area contributed by atoms with Crippen molar-refractivity contribution in [3.8, 4) is 0 Å². The fourth-order valence-corrected chi connectivity index (χ4v) is 8.06. The third kappa shape index (κ3) is 1.84. The molecule has 2 bridgehead atoms. The summed E-state index contributed by atoms with van der Waals surface area (Å²) in [4.78, 5) is 16.3. The summed E-state index contributed by atoms with van der Waals surface area (Å²) in [6.07, 6.45) is 4.07. The van der Waals surface area contributed by atoms with Crippen LogP contribution in [0.4, 0.5) is 0 Å². The summed E-state index contributed by atoms with van der Waals surface area (Å²) >= 11 is 9.85. The van der Waals surface area contributed by atoms with Crippen LogP contribution in [0.2, 0.25) is 5.02 Å². The van der Waals surface area contributed by atoms with Crippen molar-refractivity contribution in [1.29, 1.82) is 0 Å². The second-order valence-corrected chi connectivity index (χ2v) is 9.31. The monoisotopic (exact) mass is 349 g/mol. The Labute approximate surface area is 142 Å². The second kappa shape index (κ2) is 4.89. The fraction of sp³-hybridized carbons (Fsp3) is 0.471. The number of fused-ring (bicyclic) bond motifs is 6. The summed E-state index contributed by atoms with van der Waals surface area (Å²) < 4.78 is 0. The van der Waals surface area contributed by atoms with Gasteiger partial charge in [-0.05, 0) is 48.6 Å². The molecule has 3 aliphatic rings. The molecule has 2 aromatic rings. The van der Waals surface area contributed by atoms with Crippen molar-refractivity contribution in [1.82, 2.24) is 4.98 Å². The molecule has 1 aromatic heterocycles. The minimum atomic E-state index is 0.0712. The maximum absolute atomic E-state index is 11.9. The highest BCUT2D eigenvalue weighted by molar-refractivity contribution is 8.00. The van der Waals surface area contributed by atoms with Crippen LogP contribution < -0.4 is 4.87 Å². The molecular formula is C17H16ClNOS2. The van der Waals surface area contributed by atoms with Crippen molar-refractivity contribution < 1.29 is 0 Å². The van der Waals surface area contributed by atoms with Gasteiger partial charge in [-0.3, -0.25) is 4.79 Å². The first kappa shape index (κ1) is 13.7. The molecule has 2 fully saturated rings. The number of hydrogen-bond acceptors (Lipinski definition) is 3. The Hall–Kier alpha value is -0.710. The molecular weight excluding hydrogens is 334 g/mol. The summed E-state index contributed by atoms with van der Waals surface area (Å²) in [6.45, 7) is 0. The highest BCUT2D eigenvalue weighted by Gasteiger charge is 2.54. The van der Waals surface area contributed by atoms with Crippen LogP contribution >= 0.6 is 34.7 Å². The molecule has 22 heavy (non-hydrogen) atoms. The molecule has 0 unspecified atom stereocenters. The van der Waals surface area contributed by atoms with E-state index in [4.69, 9.17) is 11.6 Å². The van der Waals surface area contributed by atoms with Gasteiger partial charge in [0.05, 0.1) is 5.03 Å². The van der Waals surface area contributed by atoms with Gasteiger partial charge in [0.1, 0.15) is 0 Å². The maximum Gasteiger partial charge on any atom is 0.305 e. The predicted molar refractivity (Wildman–Crippen MR) is 92.2 cm³/mol. The van der Waals surface area contributed by atoms with Crippen LogP contribution in [0.15, 0.2) is 34.1 Å². The maximum atomic E-state index is 11.9. The van der Waals surface area contributed by atoms with Crippen LogP contribution in [0.3, 0.4) is 0 Å². The topological polar surface area (TPSA) is 32.9 Å². The average Bonchev–Trinajstić information content (AvgIpc) is 3.19. The van der Waals surface area contributed by atoms with Crippen LogP contribution in [-0.4, -0.2) is 10.2 Å². The summed E-state index contributed by atoms with van der Waals surface area (Å²) in [6, 6.07) is 8.19. The van der Waals surface area contributed by atoms with Crippen molar-refractivity contribution in [2.75, 3.05) is 0 Å². The SMILES string of the molecule is O=c1[nH]c2c(s1)[C@@H](c1ccccc1Cl)[C@H]1[C@@H]3CC[C@@H](C3)[C@@H]1S2. The Bertz CT molecular complexity index is 798. The number of thioether (sulfide) groups is 1. The molecule has 2 aliphatic carbocycles. The smallest absolute Gasteiger partial charge is 0.305 e. The highest BCUT2D eigenvalue weighted by Crippen LogP contribution is 2.64. The minimum Gasteiger partial charge on any atom is -0.307 e. The van der Waals surface area contributed by atoms with Gasteiger partial charge in [0.2, 0.25) is 0 Å². The van der Waals surface area contributed by atoms with Crippen molar-refractivity contribution in [3.63, 3.8) is 0 Å². The quantitative estimate of drug-likeness (QED) is 0.806. The molecule has 114 valence electrons. The zero-order valence-corrected chi connectivity index (χ0v) is 14.3. The van der Waals surface area contributed by atoms with Gasteiger partial charge in [-0.1, -0.05) is 41.1 Å². The molecule has 0 saturated heterocycles. The molecule has 2 nitrogen and oxygen atoms in total. The Balaban J connectivity index is 1.72. The molecule has 1 N–H and O–H groups in total. The number of thiazole rings is 1. The van der Waals surface area contributed by atoms with Gasteiger partial charge in [-0.2, -0.15) is 0 Å². The molecule has 2 heterocycles. The molecule has 0 radical (unpaired) electrons. The molecule has 0 amide bonds. The number of halogens is 1. The van der Waals surface area contributed by atoms with Crippen LogP contribution in [0.1, 0.15) is 35.6 Å². The van der Waals surface area contributed by atoms with Crippen LogP contribution in [0, 0.1) is 17.8 Å². The number of aromatic nitrogens is 1. The predicted octanol–water partition coefficient (Wildman–Crippen LogP) is 4.74. The molecule has 5 heteroatoms. The van der Waals surface area contributed by atoms with E-state index in [0.29, 0.717) is 17.1 Å². The Kier molecular flexibility index (Phi) is 3.05. The first-order chi connectivity index (χ1) is 10.7. The van der Waals surface area contributed by atoms with Gasteiger partial charge in [0.25, 0.3) is 0 Å². The lowest BCUT2D eigenvalue weighted by molar-refractivity contribution is 0.307. The lowest BCUT2D eigenvalue weighted by atomic mass is 9.75.